The van der Waals surface area contributed by atoms with Crippen molar-refractivity contribution in [3.05, 3.63) is 53.1 Å². The molecule has 0 aliphatic rings. The Hall–Kier alpha value is -2.35. The van der Waals surface area contributed by atoms with Crippen LogP contribution in [0.2, 0.25) is 5.02 Å². The summed E-state index contributed by atoms with van der Waals surface area (Å²) in [5.74, 6) is -0.139. The molecule has 1 amide bonds. The fraction of sp³-hybridized carbons (Fsp3) is 0.250. The average Bonchev–Trinajstić information content (AvgIpc) is 3.01. The van der Waals surface area contributed by atoms with Gasteiger partial charge in [0.25, 0.3) is 0 Å². The van der Waals surface area contributed by atoms with Gasteiger partial charge in [0, 0.05) is 24.2 Å². The summed E-state index contributed by atoms with van der Waals surface area (Å²) < 4.78 is 7.20. The Labute approximate surface area is 172 Å². The van der Waals surface area contributed by atoms with Gasteiger partial charge in [-0.05, 0) is 37.3 Å². The summed E-state index contributed by atoms with van der Waals surface area (Å²) in [6.45, 7) is 2.62. The number of hydrogen-bond acceptors (Lipinski definition) is 5. The molecule has 0 atom stereocenters. The molecular weight excluding hydrogens is 398 g/mol. The summed E-state index contributed by atoms with van der Waals surface area (Å²) in [7, 11) is 1.64. The van der Waals surface area contributed by atoms with Gasteiger partial charge >= 0.3 is 0 Å². The van der Waals surface area contributed by atoms with Crippen molar-refractivity contribution in [1.29, 1.82) is 0 Å². The highest BCUT2D eigenvalue weighted by atomic mass is 35.5. The first-order chi connectivity index (χ1) is 13.5. The largest absolute Gasteiger partial charge is 0.383 e. The van der Waals surface area contributed by atoms with Crippen molar-refractivity contribution in [2.24, 2.45) is 0 Å². The number of anilines is 1. The molecule has 0 spiro atoms. The van der Waals surface area contributed by atoms with Crippen LogP contribution in [-0.4, -0.2) is 40.7 Å². The summed E-state index contributed by atoms with van der Waals surface area (Å²) in [6, 6.07) is 12.5. The summed E-state index contributed by atoms with van der Waals surface area (Å²) in [6.07, 6.45) is 0. The van der Waals surface area contributed by atoms with Gasteiger partial charge in [-0.3, -0.25) is 9.59 Å². The summed E-state index contributed by atoms with van der Waals surface area (Å²) in [4.78, 5) is 28.7. The molecule has 0 aliphatic heterocycles. The molecule has 2 aromatic carbocycles. The Balaban J connectivity index is 1.76. The molecule has 0 bridgehead atoms. The van der Waals surface area contributed by atoms with E-state index in [0.29, 0.717) is 34.6 Å². The van der Waals surface area contributed by atoms with Crippen molar-refractivity contribution in [3.63, 3.8) is 0 Å². The molecule has 28 heavy (non-hydrogen) atoms. The smallest absolute Gasteiger partial charge is 0.234 e. The summed E-state index contributed by atoms with van der Waals surface area (Å²) >= 11 is 7.40. The van der Waals surface area contributed by atoms with E-state index in [4.69, 9.17) is 16.3 Å². The molecule has 0 unspecified atom stereocenters. The minimum atomic E-state index is -0.206. The lowest BCUT2D eigenvalue weighted by Gasteiger charge is -2.10. The first-order valence-electron chi connectivity index (χ1n) is 8.67. The summed E-state index contributed by atoms with van der Waals surface area (Å²) in [5, 5.41) is 4.13. The van der Waals surface area contributed by atoms with Crippen LogP contribution in [0, 0.1) is 0 Å². The van der Waals surface area contributed by atoms with Gasteiger partial charge in [0.2, 0.25) is 5.91 Å². The van der Waals surface area contributed by atoms with Crippen LogP contribution < -0.4 is 5.32 Å². The summed E-state index contributed by atoms with van der Waals surface area (Å²) in [5.41, 5.74) is 2.71. The molecular formula is C20H20ClN3O3S. The van der Waals surface area contributed by atoms with Crippen LogP contribution in [0.3, 0.4) is 0 Å². The quantitative estimate of drug-likeness (QED) is 0.437. The molecule has 1 aromatic heterocycles. The van der Waals surface area contributed by atoms with Gasteiger partial charge in [-0.15, -0.1) is 0 Å². The number of Topliss-reactive ketones (excluding diaryl/α,β-unsaturated/α-hetero) is 1. The predicted octanol–water partition coefficient (Wildman–Crippen LogP) is 4.27. The third-order valence-corrected chi connectivity index (χ3v) is 5.32. The molecule has 8 heteroatoms. The van der Waals surface area contributed by atoms with Crippen molar-refractivity contribution in [1.82, 2.24) is 9.55 Å². The molecule has 1 heterocycles. The van der Waals surface area contributed by atoms with Gasteiger partial charge in [0.1, 0.15) is 0 Å². The average molecular weight is 418 g/mol. The number of thioether (sulfide) groups is 1. The number of ketones is 1. The Bertz CT molecular complexity index is 1020. The second-order valence-corrected chi connectivity index (χ2v) is 7.49. The minimum absolute atomic E-state index is 0.0956. The fourth-order valence-corrected chi connectivity index (χ4v) is 3.81. The zero-order chi connectivity index (χ0) is 20.1. The van der Waals surface area contributed by atoms with E-state index in [2.05, 4.69) is 10.3 Å². The number of aromatic nitrogens is 2. The Kier molecular flexibility index (Phi) is 6.72. The van der Waals surface area contributed by atoms with Gasteiger partial charge in [-0.25, -0.2) is 4.98 Å². The standard InChI is InChI=1S/C20H20ClN3O3S/c1-13(25)15-5-3-4-6-16(15)22-19(26)12-28-20-23-17-11-14(21)7-8-18(17)24(20)9-10-27-2/h3-8,11H,9-10,12H2,1-2H3,(H,22,26). The molecule has 146 valence electrons. The van der Waals surface area contributed by atoms with E-state index < -0.39 is 0 Å². The zero-order valence-corrected chi connectivity index (χ0v) is 17.1. The molecule has 0 saturated carbocycles. The highest BCUT2D eigenvalue weighted by molar-refractivity contribution is 7.99. The molecule has 0 aliphatic carbocycles. The number of carbonyl (C=O) groups excluding carboxylic acids is 2. The predicted molar refractivity (Wildman–Crippen MR) is 112 cm³/mol. The first kappa shape index (κ1) is 20.4. The van der Waals surface area contributed by atoms with Gasteiger partial charge in [0.15, 0.2) is 10.9 Å². The lowest BCUT2D eigenvalue weighted by molar-refractivity contribution is -0.113. The maximum atomic E-state index is 12.4. The first-order valence-corrected chi connectivity index (χ1v) is 10.0. The molecule has 3 aromatic rings. The van der Waals surface area contributed by atoms with Crippen LogP contribution >= 0.6 is 23.4 Å². The fourth-order valence-electron chi connectivity index (χ4n) is 2.81. The van der Waals surface area contributed by atoms with Crippen LogP contribution in [0.1, 0.15) is 17.3 Å². The third kappa shape index (κ3) is 4.73. The van der Waals surface area contributed by atoms with Crippen molar-refractivity contribution >= 4 is 51.8 Å². The number of methoxy groups -OCH3 is 1. The Morgan fingerprint density at radius 3 is 2.79 bits per heavy atom. The van der Waals surface area contributed by atoms with Crippen LogP contribution in [0.4, 0.5) is 5.69 Å². The molecule has 0 radical (unpaired) electrons. The number of hydrogen-bond donors (Lipinski definition) is 1. The third-order valence-electron chi connectivity index (χ3n) is 4.11. The maximum absolute atomic E-state index is 12.4. The van der Waals surface area contributed by atoms with E-state index in [1.165, 1.54) is 18.7 Å². The van der Waals surface area contributed by atoms with E-state index in [1.54, 1.807) is 37.4 Å². The lowest BCUT2D eigenvalue weighted by Crippen LogP contribution is -2.16. The van der Waals surface area contributed by atoms with Crippen molar-refractivity contribution < 1.29 is 14.3 Å². The van der Waals surface area contributed by atoms with E-state index in [-0.39, 0.29) is 17.4 Å². The molecule has 6 nitrogen and oxygen atoms in total. The molecule has 0 fully saturated rings. The number of rotatable bonds is 8. The number of fused-ring (bicyclic) bond motifs is 1. The number of ether oxygens (including phenoxy) is 1. The van der Waals surface area contributed by atoms with E-state index in [9.17, 15) is 9.59 Å². The van der Waals surface area contributed by atoms with Crippen molar-refractivity contribution in [2.45, 2.75) is 18.6 Å². The van der Waals surface area contributed by atoms with E-state index in [1.807, 2.05) is 16.7 Å². The number of nitrogens with one attached hydrogen (secondary N) is 1. The zero-order valence-electron chi connectivity index (χ0n) is 15.6. The monoisotopic (exact) mass is 417 g/mol. The topological polar surface area (TPSA) is 73.2 Å². The normalized spacial score (nSPS) is 11.0. The molecule has 3 rings (SSSR count). The molecule has 1 N–H and O–H groups in total. The lowest BCUT2D eigenvalue weighted by atomic mass is 10.1. The number of halogens is 1. The highest BCUT2D eigenvalue weighted by Gasteiger charge is 2.15. The Morgan fingerprint density at radius 2 is 2.04 bits per heavy atom. The van der Waals surface area contributed by atoms with Crippen molar-refractivity contribution in [2.75, 3.05) is 24.8 Å². The number of amides is 1. The SMILES string of the molecule is COCCn1c(SCC(=O)Nc2ccccc2C(C)=O)nc2cc(Cl)ccc21. The molecule has 0 saturated heterocycles. The van der Waals surface area contributed by atoms with Crippen molar-refractivity contribution in [3.8, 4) is 0 Å². The maximum Gasteiger partial charge on any atom is 0.234 e. The number of nitrogens with zero attached hydrogens (tertiary/aromatic N) is 2. The minimum Gasteiger partial charge on any atom is -0.383 e. The van der Waals surface area contributed by atoms with Crippen LogP contribution in [0.25, 0.3) is 11.0 Å². The van der Waals surface area contributed by atoms with Crippen LogP contribution in [0.15, 0.2) is 47.6 Å². The van der Waals surface area contributed by atoms with Gasteiger partial charge in [-0.1, -0.05) is 35.5 Å². The number of carbonyl (C=O) groups is 2. The van der Waals surface area contributed by atoms with Gasteiger partial charge < -0.3 is 14.6 Å². The van der Waals surface area contributed by atoms with E-state index >= 15 is 0 Å². The van der Waals surface area contributed by atoms with Crippen LogP contribution in [0.5, 0.6) is 0 Å². The second kappa shape index (κ2) is 9.23. The number of imidazole rings is 1. The van der Waals surface area contributed by atoms with E-state index in [0.717, 1.165) is 11.0 Å². The number of benzene rings is 2. The van der Waals surface area contributed by atoms with Crippen LogP contribution in [-0.2, 0) is 16.1 Å². The highest BCUT2D eigenvalue weighted by Crippen LogP contribution is 2.26. The number of para-hydroxylation sites is 1. The van der Waals surface area contributed by atoms with Gasteiger partial charge in [0.05, 0.1) is 29.1 Å². The Morgan fingerprint density at radius 1 is 1.25 bits per heavy atom. The second-order valence-electron chi connectivity index (χ2n) is 6.11. The van der Waals surface area contributed by atoms with Gasteiger partial charge in [-0.2, -0.15) is 0 Å².